The van der Waals surface area contributed by atoms with Gasteiger partial charge in [-0.15, -0.1) is 0 Å². The summed E-state index contributed by atoms with van der Waals surface area (Å²) in [4.78, 5) is 12.1. The highest BCUT2D eigenvalue weighted by Gasteiger charge is 2.28. The van der Waals surface area contributed by atoms with Gasteiger partial charge in [-0.25, -0.2) is 0 Å². The van der Waals surface area contributed by atoms with Crippen molar-refractivity contribution in [1.29, 1.82) is 0 Å². The molecule has 1 saturated carbocycles. The molecule has 0 radical (unpaired) electrons. The average Bonchev–Trinajstić information content (AvgIpc) is 2.86. The van der Waals surface area contributed by atoms with E-state index in [1.54, 1.807) is 0 Å². The Morgan fingerprint density at radius 3 is 2.72 bits per heavy atom. The Morgan fingerprint density at radius 2 is 2.06 bits per heavy atom. The molecular formula is C14H21N3O. The van der Waals surface area contributed by atoms with E-state index >= 15 is 0 Å². The normalized spacial score (nSPS) is 24.8. The first-order valence-electron chi connectivity index (χ1n) is 6.53. The van der Waals surface area contributed by atoms with Crippen LogP contribution < -0.4 is 16.8 Å². The summed E-state index contributed by atoms with van der Waals surface area (Å²) in [6.07, 6.45) is 3.24. The second-order valence-electron chi connectivity index (χ2n) is 4.93. The maximum Gasteiger partial charge on any atom is 0.241 e. The van der Waals surface area contributed by atoms with Gasteiger partial charge in [-0.3, -0.25) is 4.79 Å². The van der Waals surface area contributed by atoms with Gasteiger partial charge in [0.05, 0.1) is 0 Å². The van der Waals surface area contributed by atoms with Crippen LogP contribution in [0.15, 0.2) is 30.3 Å². The molecule has 0 aliphatic heterocycles. The van der Waals surface area contributed by atoms with Gasteiger partial charge in [0, 0.05) is 6.04 Å². The SMILES string of the molecule is NCC1CCCC1NC(=O)C(N)c1ccccc1. The first-order chi connectivity index (χ1) is 8.72. The molecule has 1 aromatic rings. The van der Waals surface area contributed by atoms with Crippen LogP contribution in [0, 0.1) is 5.92 Å². The van der Waals surface area contributed by atoms with E-state index in [-0.39, 0.29) is 11.9 Å². The smallest absolute Gasteiger partial charge is 0.241 e. The summed E-state index contributed by atoms with van der Waals surface area (Å²) >= 11 is 0. The lowest BCUT2D eigenvalue weighted by atomic mass is 10.0. The Labute approximate surface area is 108 Å². The van der Waals surface area contributed by atoms with Gasteiger partial charge < -0.3 is 16.8 Å². The van der Waals surface area contributed by atoms with Crippen molar-refractivity contribution in [2.45, 2.75) is 31.3 Å². The van der Waals surface area contributed by atoms with Gasteiger partial charge in [-0.05, 0) is 30.9 Å². The average molecular weight is 247 g/mol. The lowest BCUT2D eigenvalue weighted by Crippen LogP contribution is -2.44. The van der Waals surface area contributed by atoms with E-state index in [0.717, 1.165) is 24.8 Å². The van der Waals surface area contributed by atoms with Crippen molar-refractivity contribution in [2.75, 3.05) is 6.54 Å². The number of hydrogen-bond donors (Lipinski definition) is 3. The number of carbonyl (C=O) groups excluding carboxylic acids is 1. The number of nitrogens with two attached hydrogens (primary N) is 2. The third-order valence-electron chi connectivity index (χ3n) is 3.73. The first-order valence-corrected chi connectivity index (χ1v) is 6.53. The molecule has 0 aromatic heterocycles. The molecule has 2 rings (SSSR count). The minimum Gasteiger partial charge on any atom is -0.351 e. The maximum absolute atomic E-state index is 12.1. The summed E-state index contributed by atoms with van der Waals surface area (Å²) in [5.74, 6) is 0.295. The monoisotopic (exact) mass is 247 g/mol. The van der Waals surface area contributed by atoms with Crippen LogP contribution in [-0.2, 0) is 4.79 Å². The molecule has 1 fully saturated rings. The molecule has 98 valence electrons. The molecule has 0 spiro atoms. The minimum absolute atomic E-state index is 0.105. The molecule has 3 unspecified atom stereocenters. The molecule has 0 saturated heterocycles. The third-order valence-corrected chi connectivity index (χ3v) is 3.73. The van der Waals surface area contributed by atoms with Crippen LogP contribution in [-0.4, -0.2) is 18.5 Å². The van der Waals surface area contributed by atoms with Gasteiger partial charge in [0.15, 0.2) is 0 Å². The van der Waals surface area contributed by atoms with Crippen LogP contribution in [0.3, 0.4) is 0 Å². The third kappa shape index (κ3) is 2.89. The molecule has 3 atom stereocenters. The van der Waals surface area contributed by atoms with Gasteiger partial charge in [0.1, 0.15) is 6.04 Å². The molecule has 1 aliphatic carbocycles. The highest BCUT2D eigenvalue weighted by atomic mass is 16.2. The van der Waals surface area contributed by atoms with Crippen molar-refractivity contribution in [1.82, 2.24) is 5.32 Å². The topological polar surface area (TPSA) is 81.1 Å². The number of benzene rings is 1. The molecule has 5 N–H and O–H groups in total. The van der Waals surface area contributed by atoms with Gasteiger partial charge in [-0.2, -0.15) is 0 Å². The number of amides is 1. The van der Waals surface area contributed by atoms with E-state index in [2.05, 4.69) is 5.32 Å². The number of hydrogen-bond acceptors (Lipinski definition) is 3. The van der Waals surface area contributed by atoms with Crippen LogP contribution in [0.4, 0.5) is 0 Å². The highest BCUT2D eigenvalue weighted by Crippen LogP contribution is 2.25. The second kappa shape index (κ2) is 5.98. The van der Waals surface area contributed by atoms with E-state index in [4.69, 9.17) is 11.5 Å². The van der Waals surface area contributed by atoms with E-state index in [0.29, 0.717) is 12.5 Å². The predicted molar refractivity (Wildman–Crippen MR) is 71.7 cm³/mol. The van der Waals surface area contributed by atoms with Crippen molar-refractivity contribution >= 4 is 5.91 Å². The fraction of sp³-hybridized carbons (Fsp3) is 0.500. The molecule has 1 aromatic carbocycles. The highest BCUT2D eigenvalue weighted by molar-refractivity contribution is 5.83. The maximum atomic E-state index is 12.1. The zero-order valence-corrected chi connectivity index (χ0v) is 10.5. The standard InChI is InChI=1S/C14H21N3O/c15-9-11-7-4-8-12(11)17-14(18)13(16)10-5-2-1-3-6-10/h1-3,5-6,11-13H,4,7-9,15-16H2,(H,17,18). The lowest BCUT2D eigenvalue weighted by molar-refractivity contribution is -0.123. The Kier molecular flexibility index (Phi) is 4.33. The van der Waals surface area contributed by atoms with Gasteiger partial charge >= 0.3 is 0 Å². The van der Waals surface area contributed by atoms with Crippen LogP contribution >= 0.6 is 0 Å². The van der Waals surface area contributed by atoms with E-state index in [1.165, 1.54) is 0 Å². The van der Waals surface area contributed by atoms with E-state index in [9.17, 15) is 4.79 Å². The Morgan fingerprint density at radius 1 is 1.33 bits per heavy atom. The molecule has 18 heavy (non-hydrogen) atoms. The zero-order chi connectivity index (χ0) is 13.0. The van der Waals surface area contributed by atoms with Crippen LogP contribution in [0.25, 0.3) is 0 Å². The van der Waals surface area contributed by atoms with Crippen molar-refractivity contribution in [3.8, 4) is 0 Å². The van der Waals surface area contributed by atoms with Crippen LogP contribution in [0.2, 0.25) is 0 Å². The minimum atomic E-state index is -0.592. The summed E-state index contributed by atoms with van der Waals surface area (Å²) in [5.41, 5.74) is 12.5. The molecule has 0 heterocycles. The molecule has 4 heteroatoms. The number of nitrogens with one attached hydrogen (secondary N) is 1. The quantitative estimate of drug-likeness (QED) is 0.740. The van der Waals surface area contributed by atoms with Crippen molar-refractivity contribution in [2.24, 2.45) is 17.4 Å². The predicted octanol–water partition coefficient (Wildman–Crippen LogP) is 0.930. The summed E-state index contributed by atoms with van der Waals surface area (Å²) in [6, 6.07) is 9.04. The van der Waals surface area contributed by atoms with Crippen molar-refractivity contribution in [3.63, 3.8) is 0 Å². The van der Waals surface area contributed by atoms with Crippen molar-refractivity contribution in [3.05, 3.63) is 35.9 Å². The summed E-state index contributed by atoms with van der Waals surface area (Å²) in [7, 11) is 0. The largest absolute Gasteiger partial charge is 0.351 e. The molecule has 1 aliphatic rings. The zero-order valence-electron chi connectivity index (χ0n) is 10.5. The van der Waals surface area contributed by atoms with Gasteiger partial charge in [0.25, 0.3) is 0 Å². The second-order valence-corrected chi connectivity index (χ2v) is 4.93. The summed E-state index contributed by atoms with van der Waals surface area (Å²) in [5, 5.41) is 3.03. The Hall–Kier alpha value is -1.39. The summed E-state index contributed by atoms with van der Waals surface area (Å²) in [6.45, 7) is 0.630. The first kappa shape index (κ1) is 13.1. The number of rotatable bonds is 4. The number of carbonyl (C=O) groups is 1. The van der Waals surface area contributed by atoms with Crippen molar-refractivity contribution < 1.29 is 4.79 Å². The Balaban J connectivity index is 1.95. The fourth-order valence-electron chi connectivity index (χ4n) is 2.59. The van der Waals surface area contributed by atoms with Crippen LogP contribution in [0.5, 0.6) is 0 Å². The molecular weight excluding hydrogens is 226 g/mol. The molecule has 1 amide bonds. The lowest BCUT2D eigenvalue weighted by Gasteiger charge is -2.21. The molecule has 4 nitrogen and oxygen atoms in total. The summed E-state index contributed by atoms with van der Waals surface area (Å²) < 4.78 is 0. The Bertz CT molecular complexity index is 393. The van der Waals surface area contributed by atoms with Gasteiger partial charge in [0.2, 0.25) is 5.91 Å². The fourth-order valence-corrected chi connectivity index (χ4v) is 2.59. The van der Waals surface area contributed by atoms with Gasteiger partial charge in [-0.1, -0.05) is 36.8 Å². The van der Waals surface area contributed by atoms with E-state index in [1.807, 2.05) is 30.3 Å². The molecule has 0 bridgehead atoms. The van der Waals surface area contributed by atoms with E-state index < -0.39 is 6.04 Å². The van der Waals surface area contributed by atoms with Crippen LogP contribution in [0.1, 0.15) is 30.9 Å².